The van der Waals surface area contributed by atoms with E-state index in [4.69, 9.17) is 24.3 Å². The minimum atomic E-state index is -5.06. The normalized spacial score (nSPS) is 17.8. The van der Waals surface area contributed by atoms with Crippen LogP contribution in [0.5, 0.6) is 5.75 Å². The highest BCUT2D eigenvalue weighted by molar-refractivity contribution is 9.10. The third kappa shape index (κ3) is 10.7. The van der Waals surface area contributed by atoms with Gasteiger partial charge in [0.05, 0.1) is 17.7 Å². The molecule has 3 aromatic carbocycles. The maximum atomic E-state index is 14.2. The number of alkyl halides is 6. The van der Waals surface area contributed by atoms with E-state index in [1.165, 1.54) is 0 Å². The Morgan fingerprint density at radius 3 is 2.10 bits per heavy atom. The van der Waals surface area contributed by atoms with Crippen molar-refractivity contribution in [3.63, 3.8) is 0 Å². The van der Waals surface area contributed by atoms with Gasteiger partial charge >= 0.3 is 18.3 Å². The number of halogens is 7. The Kier molecular flexibility index (Phi) is 12.5. The number of hydrogen-bond donors (Lipinski definition) is 3. The first-order valence-electron chi connectivity index (χ1n) is 15.7. The van der Waals surface area contributed by atoms with Crippen LogP contribution in [0.1, 0.15) is 74.0 Å². The molecule has 4 rings (SSSR count). The lowest BCUT2D eigenvalue weighted by Gasteiger charge is -2.31. The van der Waals surface area contributed by atoms with Gasteiger partial charge in [0.2, 0.25) is 5.90 Å². The van der Waals surface area contributed by atoms with Crippen molar-refractivity contribution in [2.45, 2.75) is 76.2 Å². The minimum Gasteiger partial charge on any atom is -0.494 e. The van der Waals surface area contributed by atoms with E-state index in [0.29, 0.717) is 39.9 Å². The van der Waals surface area contributed by atoms with Gasteiger partial charge in [-0.25, -0.2) is 10.4 Å². The molecule has 0 aromatic heterocycles. The van der Waals surface area contributed by atoms with E-state index >= 15 is 0 Å². The number of carbonyl (C=O) groups excluding carboxylic acids is 2. The Bertz CT molecular complexity index is 1680. The average molecular weight is 789 g/mol. The molecular weight excluding hydrogens is 752 g/mol. The zero-order chi connectivity index (χ0) is 37.6. The lowest BCUT2D eigenvalue weighted by Crippen LogP contribution is -2.52. The van der Waals surface area contributed by atoms with Crippen molar-refractivity contribution in [2.75, 3.05) is 13.2 Å². The maximum Gasteiger partial charge on any atom is 0.416 e. The number of ether oxygens (including phenoxy) is 3. The highest BCUT2D eigenvalue weighted by Crippen LogP contribution is 2.44. The summed E-state index contributed by atoms with van der Waals surface area (Å²) in [5, 5.41) is 9.02. The molecule has 3 N–H and O–H groups in total. The monoisotopic (exact) mass is 787 g/mol. The number of amides is 1. The van der Waals surface area contributed by atoms with E-state index in [1.807, 2.05) is 0 Å². The molecule has 276 valence electrons. The first-order valence-corrected chi connectivity index (χ1v) is 16.5. The number of aliphatic hydroxyl groups excluding tert-OH is 1. The summed E-state index contributed by atoms with van der Waals surface area (Å²) in [6.07, 6.45) is -11.4. The molecule has 16 heteroatoms. The van der Waals surface area contributed by atoms with Crippen molar-refractivity contribution in [3.05, 3.63) is 99.0 Å². The van der Waals surface area contributed by atoms with Crippen LogP contribution in [0.2, 0.25) is 0 Å². The van der Waals surface area contributed by atoms with Gasteiger partial charge in [0.25, 0.3) is 5.91 Å². The Hall–Kier alpha value is -4.15. The molecule has 0 unspecified atom stereocenters. The van der Waals surface area contributed by atoms with Crippen LogP contribution in [-0.4, -0.2) is 47.2 Å². The molecule has 0 aliphatic carbocycles. The largest absolute Gasteiger partial charge is 0.494 e. The van der Waals surface area contributed by atoms with Crippen molar-refractivity contribution >= 4 is 33.7 Å². The van der Waals surface area contributed by atoms with E-state index in [-0.39, 0.29) is 38.0 Å². The van der Waals surface area contributed by atoms with Gasteiger partial charge < -0.3 is 19.3 Å². The molecule has 1 aliphatic heterocycles. The molecule has 0 radical (unpaired) electrons. The van der Waals surface area contributed by atoms with Crippen LogP contribution in [0.4, 0.5) is 26.3 Å². The Morgan fingerprint density at radius 1 is 0.941 bits per heavy atom. The molecule has 1 aliphatic rings. The second kappa shape index (κ2) is 16.0. The van der Waals surface area contributed by atoms with Crippen molar-refractivity contribution < 1.29 is 55.2 Å². The summed E-state index contributed by atoms with van der Waals surface area (Å²) < 4.78 is 98.8. The number of benzene rings is 3. The fourth-order valence-corrected chi connectivity index (χ4v) is 5.41. The van der Waals surface area contributed by atoms with Crippen LogP contribution in [0.25, 0.3) is 0 Å². The third-order valence-electron chi connectivity index (χ3n) is 7.47. The number of aliphatic hydroxyl groups is 1. The molecule has 9 nitrogen and oxygen atoms in total. The summed E-state index contributed by atoms with van der Waals surface area (Å²) in [6.45, 7) is 4.62. The van der Waals surface area contributed by atoms with Crippen LogP contribution >= 0.6 is 15.9 Å². The van der Waals surface area contributed by atoms with Gasteiger partial charge in [-0.3, -0.25) is 15.0 Å². The number of hydrogen-bond acceptors (Lipinski definition) is 8. The molecular formula is C35H36BrF6N3O6. The topological polar surface area (TPSA) is 118 Å². The molecule has 1 heterocycles. The van der Waals surface area contributed by atoms with Crippen molar-refractivity contribution in [2.24, 2.45) is 4.99 Å². The summed E-state index contributed by atoms with van der Waals surface area (Å²) >= 11 is 3.37. The van der Waals surface area contributed by atoms with Crippen LogP contribution < -0.4 is 15.6 Å². The number of nitrogens with zero attached hydrogens (tertiary/aromatic N) is 1. The molecule has 1 amide bonds. The van der Waals surface area contributed by atoms with E-state index in [9.17, 15) is 35.9 Å². The molecule has 2 atom stereocenters. The first kappa shape index (κ1) is 39.6. The zero-order valence-corrected chi connectivity index (χ0v) is 29.3. The molecule has 0 bridgehead atoms. The lowest BCUT2D eigenvalue weighted by molar-refractivity contribution is -0.155. The van der Waals surface area contributed by atoms with E-state index in [2.05, 4.69) is 26.8 Å². The summed E-state index contributed by atoms with van der Waals surface area (Å²) in [6, 6.07) is 14.4. The molecule has 0 fully saturated rings. The number of carbonyl (C=O) groups is 2. The first-order chi connectivity index (χ1) is 23.8. The van der Waals surface area contributed by atoms with Gasteiger partial charge in [0, 0.05) is 36.0 Å². The van der Waals surface area contributed by atoms with E-state index in [1.54, 1.807) is 69.3 Å². The van der Waals surface area contributed by atoms with E-state index in [0.717, 1.165) is 0 Å². The Morgan fingerprint density at radius 2 is 1.55 bits per heavy atom. The summed E-state index contributed by atoms with van der Waals surface area (Å²) in [5.41, 5.74) is -0.406. The van der Waals surface area contributed by atoms with Gasteiger partial charge in [-0.2, -0.15) is 26.3 Å². The smallest absolute Gasteiger partial charge is 0.416 e. The SMILES string of the molecule is CC(C)(C)OC(=O)CC[C@]1(C(=O)NNCc2cc(C(F)(F)F)cc(C(F)(F)F)c2)N=C(c2ccc(OCCCO)cc2)O[C@H]1c1ccc(Br)cc1. The molecule has 3 aromatic rings. The summed E-state index contributed by atoms with van der Waals surface area (Å²) in [7, 11) is 0. The van der Waals surface area contributed by atoms with Crippen molar-refractivity contribution in [1.82, 2.24) is 10.9 Å². The number of esters is 1. The lowest BCUT2D eigenvalue weighted by atomic mass is 9.83. The van der Waals surface area contributed by atoms with Gasteiger partial charge in [0.15, 0.2) is 11.6 Å². The van der Waals surface area contributed by atoms with Gasteiger partial charge in [0.1, 0.15) is 11.4 Å². The van der Waals surface area contributed by atoms with Gasteiger partial charge in [-0.05, 0) is 92.9 Å². The van der Waals surface area contributed by atoms with Gasteiger partial charge in [-0.15, -0.1) is 0 Å². The second-order valence-electron chi connectivity index (χ2n) is 12.6. The molecule has 0 spiro atoms. The number of aliphatic imine (C=N–C) groups is 1. The summed E-state index contributed by atoms with van der Waals surface area (Å²) in [5.74, 6) is -0.997. The third-order valence-corrected chi connectivity index (χ3v) is 8.00. The quantitative estimate of drug-likeness (QED) is 0.0713. The Labute approximate surface area is 298 Å². The predicted octanol–water partition coefficient (Wildman–Crippen LogP) is 7.45. The fourth-order valence-electron chi connectivity index (χ4n) is 5.15. The highest BCUT2D eigenvalue weighted by atomic mass is 79.9. The van der Waals surface area contributed by atoms with Crippen LogP contribution in [0.15, 0.2) is 76.2 Å². The minimum absolute atomic E-state index is 0.0104. The highest BCUT2D eigenvalue weighted by Gasteiger charge is 2.53. The average Bonchev–Trinajstić information content (AvgIpc) is 3.44. The standard InChI is InChI=1S/C35H36BrF6N3O6/c1-32(2,3)51-28(47)13-14-33(31(48)45-43-20-21-17-24(34(37,38)39)19-25(18-21)35(40,41)42)29(22-5-9-26(36)10-6-22)50-30(44-33)23-7-11-27(12-8-23)49-16-4-15-46/h5-12,17-19,29,43,46H,4,13-16,20H2,1-3H3,(H,45,48)/t29-,33-/m0/s1. The second-order valence-corrected chi connectivity index (χ2v) is 13.6. The Balaban J connectivity index is 1.71. The maximum absolute atomic E-state index is 14.2. The number of nitrogens with one attached hydrogen (secondary N) is 2. The molecule has 0 saturated carbocycles. The van der Waals surface area contributed by atoms with Crippen LogP contribution in [-0.2, 0) is 38.0 Å². The number of hydrazine groups is 1. The molecule has 51 heavy (non-hydrogen) atoms. The molecule has 0 saturated heterocycles. The predicted molar refractivity (Wildman–Crippen MR) is 177 cm³/mol. The van der Waals surface area contributed by atoms with Gasteiger partial charge in [-0.1, -0.05) is 28.1 Å². The summed E-state index contributed by atoms with van der Waals surface area (Å²) in [4.78, 5) is 31.8. The zero-order valence-electron chi connectivity index (χ0n) is 27.8. The van der Waals surface area contributed by atoms with Crippen LogP contribution in [0.3, 0.4) is 0 Å². The van der Waals surface area contributed by atoms with Crippen molar-refractivity contribution in [3.8, 4) is 5.75 Å². The number of rotatable bonds is 13. The fraction of sp³-hybridized carbons (Fsp3) is 0.400. The van der Waals surface area contributed by atoms with Crippen LogP contribution in [0, 0.1) is 0 Å². The van der Waals surface area contributed by atoms with E-state index < -0.39 is 64.7 Å². The van der Waals surface area contributed by atoms with Crippen molar-refractivity contribution in [1.29, 1.82) is 0 Å².